The summed E-state index contributed by atoms with van der Waals surface area (Å²) < 4.78 is 11.1. The maximum absolute atomic E-state index is 11.7. The molecule has 2 aliphatic heterocycles. The molecule has 6 N–H and O–H groups in total. The van der Waals surface area contributed by atoms with Crippen molar-refractivity contribution >= 4 is 5.97 Å². The fourth-order valence-electron chi connectivity index (χ4n) is 6.42. The van der Waals surface area contributed by atoms with Gasteiger partial charge in [-0.05, 0) is 77.2 Å². The van der Waals surface area contributed by atoms with Crippen molar-refractivity contribution < 1.29 is 44.9 Å². The van der Waals surface area contributed by atoms with E-state index in [-0.39, 0.29) is 37.6 Å². The predicted octanol–water partition coefficient (Wildman–Crippen LogP) is 5.00. The topological polar surface area (TPSA) is 157 Å². The lowest BCUT2D eigenvalue weighted by atomic mass is 9.97. The zero-order valence-electron chi connectivity index (χ0n) is 27.5. The minimum absolute atomic E-state index is 0.0190. The number of esters is 1. The molecule has 9 nitrogen and oxygen atoms in total. The van der Waals surface area contributed by atoms with E-state index in [0.29, 0.717) is 44.1 Å². The van der Waals surface area contributed by atoms with Crippen LogP contribution in [0.3, 0.4) is 0 Å². The number of aliphatic hydroxyl groups excluding tert-OH is 6. The van der Waals surface area contributed by atoms with Crippen molar-refractivity contribution in [3.05, 3.63) is 11.6 Å². The Hall–Kier alpha value is -1.07. The van der Waals surface area contributed by atoms with E-state index >= 15 is 0 Å². The average Bonchev–Trinajstić information content (AvgIpc) is 3.60. The number of rotatable bonds is 26. The minimum atomic E-state index is -0.959. The minimum Gasteiger partial charge on any atom is -0.455 e. The number of unbranched alkanes of at least 4 members (excludes halogenated alkanes) is 9. The number of hydrogen-bond donors (Lipinski definition) is 6. The third-order valence-electron chi connectivity index (χ3n) is 9.34. The van der Waals surface area contributed by atoms with Crippen molar-refractivity contribution in [2.45, 2.75) is 204 Å². The summed E-state index contributed by atoms with van der Waals surface area (Å²) in [5.74, 6) is -0.410. The molecule has 44 heavy (non-hydrogen) atoms. The van der Waals surface area contributed by atoms with Crippen LogP contribution in [0.1, 0.15) is 149 Å². The number of carbonyl (C=O) groups is 1. The maximum Gasteiger partial charge on any atom is 0.334 e. The number of aliphatic hydroxyl groups is 6. The Balaban J connectivity index is 1.50. The molecule has 1 fully saturated rings. The Bertz CT molecular complexity index is 790. The van der Waals surface area contributed by atoms with Gasteiger partial charge in [-0.15, -0.1) is 0 Å². The molecule has 0 aliphatic carbocycles. The molecular weight excluding hydrogens is 564 g/mol. The van der Waals surface area contributed by atoms with Crippen LogP contribution in [0.15, 0.2) is 11.6 Å². The monoisotopic (exact) mass is 628 g/mol. The quantitative estimate of drug-likeness (QED) is 0.0573. The van der Waals surface area contributed by atoms with Crippen molar-refractivity contribution in [2.75, 3.05) is 0 Å². The van der Waals surface area contributed by atoms with Gasteiger partial charge in [-0.1, -0.05) is 71.1 Å². The van der Waals surface area contributed by atoms with Gasteiger partial charge in [-0.2, -0.15) is 0 Å². The number of cyclic esters (lactones) is 1. The Morgan fingerprint density at radius 3 is 1.84 bits per heavy atom. The lowest BCUT2D eigenvalue weighted by Gasteiger charge is -2.23. The van der Waals surface area contributed by atoms with Gasteiger partial charge in [0, 0.05) is 12.0 Å². The van der Waals surface area contributed by atoms with E-state index in [1.165, 1.54) is 51.4 Å². The third kappa shape index (κ3) is 16.0. The fraction of sp³-hybridized carbons (Fsp3) is 0.914. The molecule has 0 radical (unpaired) electrons. The van der Waals surface area contributed by atoms with Crippen LogP contribution in [0.2, 0.25) is 0 Å². The Morgan fingerprint density at radius 1 is 0.705 bits per heavy atom. The predicted molar refractivity (Wildman–Crippen MR) is 171 cm³/mol. The van der Waals surface area contributed by atoms with E-state index in [2.05, 4.69) is 6.92 Å². The first-order valence-electron chi connectivity index (χ1n) is 17.8. The van der Waals surface area contributed by atoms with Crippen molar-refractivity contribution in [3.8, 4) is 0 Å². The van der Waals surface area contributed by atoms with Gasteiger partial charge in [0.15, 0.2) is 0 Å². The number of hydrogen-bond acceptors (Lipinski definition) is 9. The van der Waals surface area contributed by atoms with E-state index < -0.39 is 42.6 Å². The van der Waals surface area contributed by atoms with Crippen molar-refractivity contribution in [1.82, 2.24) is 0 Å². The highest BCUT2D eigenvalue weighted by Gasteiger charge is 2.31. The molecule has 0 saturated carbocycles. The van der Waals surface area contributed by atoms with Gasteiger partial charge in [0.05, 0.1) is 48.8 Å². The summed E-state index contributed by atoms with van der Waals surface area (Å²) in [5, 5.41) is 62.3. The average molecular weight is 629 g/mol. The molecule has 0 unspecified atom stereocenters. The first kappa shape index (κ1) is 39.1. The van der Waals surface area contributed by atoms with Crippen LogP contribution in [0.5, 0.6) is 0 Å². The molecule has 0 aromatic rings. The van der Waals surface area contributed by atoms with Crippen molar-refractivity contribution in [2.24, 2.45) is 0 Å². The summed E-state index contributed by atoms with van der Waals surface area (Å²) in [7, 11) is 0. The van der Waals surface area contributed by atoms with E-state index in [0.717, 1.165) is 25.7 Å². The Morgan fingerprint density at radius 2 is 1.25 bits per heavy atom. The summed E-state index contributed by atoms with van der Waals surface area (Å²) in [5.41, 5.74) is 0.452. The second kappa shape index (κ2) is 22.5. The van der Waals surface area contributed by atoms with E-state index in [9.17, 15) is 35.4 Å². The van der Waals surface area contributed by atoms with Crippen LogP contribution >= 0.6 is 0 Å². The highest BCUT2D eigenvalue weighted by Crippen LogP contribution is 2.28. The summed E-state index contributed by atoms with van der Waals surface area (Å²) >= 11 is 0. The van der Waals surface area contributed by atoms with E-state index in [4.69, 9.17) is 9.47 Å². The number of carbonyl (C=O) groups excluding carboxylic acids is 1. The second-order valence-electron chi connectivity index (χ2n) is 13.4. The van der Waals surface area contributed by atoms with Crippen LogP contribution < -0.4 is 0 Å². The second-order valence-corrected chi connectivity index (χ2v) is 13.4. The van der Waals surface area contributed by atoms with Crippen molar-refractivity contribution in [1.29, 1.82) is 0 Å². The normalized spacial score (nSPS) is 24.5. The third-order valence-corrected chi connectivity index (χ3v) is 9.34. The largest absolute Gasteiger partial charge is 0.455 e. The molecule has 0 spiro atoms. The number of ether oxygens (including phenoxy) is 2. The highest BCUT2D eigenvalue weighted by molar-refractivity contribution is 5.90. The first-order valence-corrected chi connectivity index (χ1v) is 17.8. The summed E-state index contributed by atoms with van der Waals surface area (Å²) in [6.07, 6.45) is 13.8. The highest BCUT2D eigenvalue weighted by atomic mass is 16.5. The lowest BCUT2D eigenvalue weighted by molar-refractivity contribution is -0.139. The Kier molecular flexibility index (Phi) is 20.0. The summed E-state index contributed by atoms with van der Waals surface area (Å²) in [4.78, 5) is 11.7. The zero-order valence-corrected chi connectivity index (χ0v) is 27.5. The summed E-state index contributed by atoms with van der Waals surface area (Å²) in [6.45, 7) is 3.99. The van der Waals surface area contributed by atoms with Crippen LogP contribution in [-0.2, 0) is 14.3 Å². The molecule has 0 amide bonds. The molecule has 2 heterocycles. The maximum atomic E-state index is 11.7. The molecule has 2 aliphatic rings. The fourth-order valence-corrected chi connectivity index (χ4v) is 6.42. The standard InChI is InChI=1S/C35H64O9/c1-3-4-5-6-7-8-9-10-11-12-15-29(37)32(40)20-21-33(41)34-22-18-28(44-34)14-13-16-30(38)31(39)19-17-27(36)24-26-23-25(2)43-35(26)42/h23,25,27-34,36-41H,3-22,24H2,1-2H3/t25-,27+,28+,29-,30+,31+,32-,33-,34-/m0/s1. The molecule has 0 bridgehead atoms. The van der Waals surface area contributed by atoms with Gasteiger partial charge in [0.25, 0.3) is 0 Å². The zero-order chi connectivity index (χ0) is 32.3. The van der Waals surface area contributed by atoms with Gasteiger partial charge in [0.2, 0.25) is 0 Å². The summed E-state index contributed by atoms with van der Waals surface area (Å²) in [6, 6.07) is 0. The van der Waals surface area contributed by atoms with Crippen LogP contribution in [-0.4, -0.2) is 91.5 Å². The van der Waals surface area contributed by atoms with Gasteiger partial charge >= 0.3 is 5.97 Å². The Labute approximate surface area is 266 Å². The van der Waals surface area contributed by atoms with Gasteiger partial charge in [0.1, 0.15) is 6.10 Å². The first-order chi connectivity index (χ1) is 21.1. The smallest absolute Gasteiger partial charge is 0.334 e. The van der Waals surface area contributed by atoms with Crippen LogP contribution in [0, 0.1) is 0 Å². The molecule has 2 rings (SSSR count). The molecular formula is C35H64O9. The van der Waals surface area contributed by atoms with E-state index in [1.807, 2.05) is 0 Å². The SMILES string of the molecule is CCCCCCCCCCCC[C@H](O)[C@@H](O)CC[C@H](O)[C@@H]1CC[C@@H](CCC[C@@H](O)[C@H](O)CC[C@@H](O)CC2=C[C@H](C)OC2=O)O1. The van der Waals surface area contributed by atoms with Crippen LogP contribution in [0.4, 0.5) is 0 Å². The molecule has 9 atom stereocenters. The molecule has 0 aromatic heterocycles. The van der Waals surface area contributed by atoms with Crippen molar-refractivity contribution in [3.63, 3.8) is 0 Å². The van der Waals surface area contributed by atoms with Gasteiger partial charge < -0.3 is 40.1 Å². The lowest BCUT2D eigenvalue weighted by Crippen LogP contribution is -2.31. The molecule has 1 saturated heterocycles. The van der Waals surface area contributed by atoms with E-state index in [1.54, 1.807) is 13.0 Å². The van der Waals surface area contributed by atoms with Gasteiger partial charge in [-0.25, -0.2) is 4.79 Å². The molecule has 0 aromatic carbocycles. The molecule has 258 valence electrons. The molecule has 9 heteroatoms. The van der Waals surface area contributed by atoms with Crippen LogP contribution in [0.25, 0.3) is 0 Å². The van der Waals surface area contributed by atoms with Gasteiger partial charge in [-0.3, -0.25) is 0 Å².